The summed E-state index contributed by atoms with van der Waals surface area (Å²) in [5.74, 6) is 2.38. The van der Waals surface area contributed by atoms with Crippen molar-refractivity contribution in [3.8, 4) is 56.7 Å². The molecule has 11 rings (SSSR count). The maximum Gasteiger partial charge on any atom is 0.227 e. The van der Waals surface area contributed by atoms with Gasteiger partial charge >= 0.3 is 0 Å². The molecule has 0 radical (unpaired) electrons. The van der Waals surface area contributed by atoms with Gasteiger partial charge in [-0.2, -0.15) is 0 Å². The maximum absolute atomic E-state index is 6.80. The molecule has 0 saturated heterocycles. The van der Waals surface area contributed by atoms with Crippen molar-refractivity contribution >= 4 is 54.6 Å². The molecule has 0 bridgehead atoms. The highest BCUT2D eigenvalue weighted by Crippen LogP contribution is 2.43. The second-order valence-electron chi connectivity index (χ2n) is 13.4. The molecule has 3 aromatic heterocycles. The lowest BCUT2D eigenvalue weighted by atomic mass is 9.95. The third-order valence-corrected chi connectivity index (χ3v) is 10.1. The van der Waals surface area contributed by atoms with Gasteiger partial charge in [0.25, 0.3) is 0 Å². The summed E-state index contributed by atoms with van der Waals surface area (Å²) in [4.78, 5) is 20.1. The predicted molar refractivity (Wildman–Crippen MR) is 217 cm³/mol. The van der Waals surface area contributed by atoms with E-state index in [0.29, 0.717) is 23.4 Å². The van der Waals surface area contributed by atoms with Gasteiger partial charge in [-0.3, -0.25) is 0 Å². The van der Waals surface area contributed by atoms with E-state index in [9.17, 15) is 0 Å². The summed E-state index contributed by atoms with van der Waals surface area (Å²) >= 11 is 0. The van der Waals surface area contributed by atoms with E-state index in [1.807, 2.05) is 84.9 Å². The van der Waals surface area contributed by atoms with Gasteiger partial charge in [-0.05, 0) is 52.1 Å². The van der Waals surface area contributed by atoms with Crippen molar-refractivity contribution in [1.82, 2.24) is 19.9 Å². The van der Waals surface area contributed by atoms with E-state index < -0.39 is 0 Å². The van der Waals surface area contributed by atoms with Crippen molar-refractivity contribution in [2.45, 2.75) is 0 Å². The summed E-state index contributed by atoms with van der Waals surface area (Å²) < 4.78 is 13.3. The molecule has 11 aromatic rings. The van der Waals surface area contributed by atoms with Crippen molar-refractivity contribution in [3.63, 3.8) is 0 Å². The maximum atomic E-state index is 6.80. The van der Waals surface area contributed by atoms with Crippen LogP contribution in [-0.4, -0.2) is 19.9 Å². The third-order valence-electron chi connectivity index (χ3n) is 10.1. The Bertz CT molecular complexity index is 3220. The van der Waals surface area contributed by atoms with Crippen molar-refractivity contribution in [2.75, 3.05) is 0 Å². The second-order valence-corrected chi connectivity index (χ2v) is 13.4. The average Bonchev–Trinajstić information content (AvgIpc) is 3.86. The molecule has 0 aliphatic rings. The fourth-order valence-corrected chi connectivity index (χ4v) is 7.60. The van der Waals surface area contributed by atoms with Gasteiger partial charge in [-0.1, -0.05) is 140 Å². The SMILES string of the molecule is c1ccc(-c2nc(-c3ccc4ccccc4c3)nc(-c3cccc4oc5c(-c6cccc7ccc8nc(-c9ccccc9)oc8c67)cccc5c34)n2)cc1. The van der Waals surface area contributed by atoms with Crippen LogP contribution >= 0.6 is 0 Å². The molecule has 0 N–H and O–H groups in total. The Morgan fingerprint density at radius 1 is 0.352 bits per heavy atom. The molecule has 252 valence electrons. The Balaban J connectivity index is 1.13. The van der Waals surface area contributed by atoms with Crippen LogP contribution in [0.5, 0.6) is 0 Å². The number of nitrogens with zero attached hydrogens (tertiary/aromatic N) is 4. The number of furan rings is 1. The Morgan fingerprint density at radius 2 is 1.00 bits per heavy atom. The zero-order valence-corrected chi connectivity index (χ0v) is 28.8. The Morgan fingerprint density at radius 3 is 1.85 bits per heavy atom. The molecule has 6 heteroatoms. The molecule has 8 aromatic carbocycles. The first kappa shape index (κ1) is 30.2. The van der Waals surface area contributed by atoms with Crippen LogP contribution in [0.2, 0.25) is 0 Å². The molecule has 0 fully saturated rings. The molecule has 6 nitrogen and oxygen atoms in total. The van der Waals surface area contributed by atoms with Crippen LogP contribution in [0.3, 0.4) is 0 Å². The van der Waals surface area contributed by atoms with Crippen LogP contribution in [0.15, 0.2) is 179 Å². The molecular weight excluding hydrogens is 665 g/mol. The van der Waals surface area contributed by atoms with Crippen LogP contribution in [0.4, 0.5) is 0 Å². The number of oxazole rings is 1. The van der Waals surface area contributed by atoms with Gasteiger partial charge in [0.1, 0.15) is 16.7 Å². The van der Waals surface area contributed by atoms with E-state index >= 15 is 0 Å². The molecule has 0 saturated carbocycles. The van der Waals surface area contributed by atoms with E-state index in [4.69, 9.17) is 28.8 Å². The minimum Gasteiger partial charge on any atom is -0.455 e. The zero-order chi connectivity index (χ0) is 35.6. The van der Waals surface area contributed by atoms with Gasteiger partial charge in [0.05, 0.1) is 0 Å². The number of para-hydroxylation sites is 1. The molecule has 54 heavy (non-hydrogen) atoms. The van der Waals surface area contributed by atoms with Crippen molar-refractivity contribution in [1.29, 1.82) is 0 Å². The third kappa shape index (κ3) is 4.89. The first-order valence-corrected chi connectivity index (χ1v) is 17.9. The van der Waals surface area contributed by atoms with Crippen LogP contribution in [0.25, 0.3) is 111 Å². The van der Waals surface area contributed by atoms with Crippen molar-refractivity contribution in [2.24, 2.45) is 0 Å². The lowest BCUT2D eigenvalue weighted by Gasteiger charge is -2.10. The van der Waals surface area contributed by atoms with E-state index in [2.05, 4.69) is 84.9 Å². The Hall–Kier alpha value is -7.44. The second kappa shape index (κ2) is 12.1. The fraction of sp³-hybridized carbons (Fsp3) is 0. The highest BCUT2D eigenvalue weighted by atomic mass is 16.3. The van der Waals surface area contributed by atoms with Crippen LogP contribution in [0.1, 0.15) is 0 Å². The van der Waals surface area contributed by atoms with E-state index in [1.54, 1.807) is 0 Å². The van der Waals surface area contributed by atoms with Gasteiger partial charge in [0, 0.05) is 44.0 Å². The average molecular weight is 693 g/mol. The summed E-state index contributed by atoms with van der Waals surface area (Å²) in [6.45, 7) is 0. The lowest BCUT2D eigenvalue weighted by Crippen LogP contribution is -2.00. The van der Waals surface area contributed by atoms with Gasteiger partial charge in [0.2, 0.25) is 5.89 Å². The normalized spacial score (nSPS) is 11.7. The number of benzene rings is 8. The van der Waals surface area contributed by atoms with Gasteiger partial charge < -0.3 is 8.83 Å². The molecule has 0 aliphatic carbocycles. The predicted octanol–water partition coefficient (Wildman–Crippen LogP) is 12.6. The molecular formula is C48H28N4O2. The topological polar surface area (TPSA) is 77.8 Å². The van der Waals surface area contributed by atoms with Gasteiger partial charge in [-0.25, -0.2) is 19.9 Å². The van der Waals surface area contributed by atoms with E-state index in [0.717, 1.165) is 88.0 Å². The summed E-state index contributed by atoms with van der Waals surface area (Å²) in [6, 6.07) is 57.6. The van der Waals surface area contributed by atoms with Crippen molar-refractivity contribution in [3.05, 3.63) is 170 Å². The summed E-state index contributed by atoms with van der Waals surface area (Å²) in [5.41, 5.74) is 8.69. The molecule has 0 aliphatic heterocycles. The highest BCUT2D eigenvalue weighted by Gasteiger charge is 2.21. The number of fused-ring (bicyclic) bond motifs is 7. The van der Waals surface area contributed by atoms with Crippen LogP contribution in [0, 0.1) is 0 Å². The monoisotopic (exact) mass is 692 g/mol. The fourth-order valence-electron chi connectivity index (χ4n) is 7.60. The number of hydrogen-bond donors (Lipinski definition) is 0. The number of hydrogen-bond acceptors (Lipinski definition) is 6. The van der Waals surface area contributed by atoms with E-state index in [-0.39, 0.29) is 0 Å². The van der Waals surface area contributed by atoms with Crippen LogP contribution < -0.4 is 0 Å². The molecule has 0 unspecified atom stereocenters. The summed E-state index contributed by atoms with van der Waals surface area (Å²) in [5, 5.41) is 6.25. The first-order valence-electron chi connectivity index (χ1n) is 17.9. The molecule has 0 atom stereocenters. The minimum atomic E-state index is 0.577. The van der Waals surface area contributed by atoms with E-state index in [1.165, 1.54) is 0 Å². The largest absolute Gasteiger partial charge is 0.455 e. The van der Waals surface area contributed by atoms with Crippen LogP contribution in [-0.2, 0) is 0 Å². The van der Waals surface area contributed by atoms with Gasteiger partial charge in [0.15, 0.2) is 23.1 Å². The Kier molecular flexibility index (Phi) is 6.75. The zero-order valence-electron chi connectivity index (χ0n) is 28.8. The highest BCUT2D eigenvalue weighted by molar-refractivity contribution is 6.18. The molecule has 3 heterocycles. The molecule has 0 amide bonds. The quantitative estimate of drug-likeness (QED) is 0.179. The Labute approximate surface area is 309 Å². The minimum absolute atomic E-state index is 0.577. The smallest absolute Gasteiger partial charge is 0.227 e. The number of rotatable bonds is 5. The summed E-state index contributed by atoms with van der Waals surface area (Å²) in [6.07, 6.45) is 0. The van der Waals surface area contributed by atoms with Crippen molar-refractivity contribution < 1.29 is 8.83 Å². The van der Waals surface area contributed by atoms with Gasteiger partial charge in [-0.15, -0.1) is 0 Å². The lowest BCUT2D eigenvalue weighted by molar-refractivity contribution is 0.623. The number of aromatic nitrogens is 4. The first-order chi connectivity index (χ1) is 26.7. The molecule has 0 spiro atoms. The summed E-state index contributed by atoms with van der Waals surface area (Å²) in [7, 11) is 0. The standard InChI is InChI=1S/C48H28N4O2/c1-3-13-31(14-4-1)45-50-46(34-25-24-29-12-7-8-17-33(29)28-34)52-47(51-45)38-22-11-23-40-42(38)37-21-10-20-36(43(37)53-40)35-19-9-18-30-26-27-39-44(41(30)35)54-48(49-39)32-15-5-2-6-16-32/h1-28H.